The largest absolute Gasteiger partial charge is 0.355 e. The van der Waals surface area contributed by atoms with Gasteiger partial charge in [0.2, 0.25) is 11.8 Å². The highest BCUT2D eigenvalue weighted by molar-refractivity contribution is 5.85. The summed E-state index contributed by atoms with van der Waals surface area (Å²) in [6, 6.07) is 0.301. The number of hydrogen-bond acceptors (Lipinski definition) is 4. The Morgan fingerprint density at radius 3 is 2.80 bits per heavy atom. The maximum absolute atomic E-state index is 12.1. The van der Waals surface area contributed by atoms with E-state index in [2.05, 4.69) is 10.2 Å². The SMILES string of the molecule is CCCNC(=O)CN(C)C(=O)CN1CCCCC1CN. The van der Waals surface area contributed by atoms with Crippen LogP contribution in [0, 0.1) is 0 Å². The van der Waals surface area contributed by atoms with Gasteiger partial charge in [0.15, 0.2) is 0 Å². The van der Waals surface area contributed by atoms with E-state index in [0.29, 0.717) is 25.7 Å². The van der Waals surface area contributed by atoms with Crippen LogP contribution in [0.1, 0.15) is 32.6 Å². The van der Waals surface area contributed by atoms with E-state index in [9.17, 15) is 9.59 Å². The maximum atomic E-state index is 12.1. The van der Waals surface area contributed by atoms with Gasteiger partial charge >= 0.3 is 0 Å². The molecule has 1 unspecified atom stereocenters. The minimum Gasteiger partial charge on any atom is -0.355 e. The number of likely N-dealkylation sites (tertiary alicyclic amines) is 1. The standard InChI is InChI=1S/C14H28N4O2/c1-3-7-16-13(19)10-17(2)14(20)11-18-8-5-4-6-12(18)9-15/h12H,3-11,15H2,1-2H3,(H,16,19). The Bertz CT molecular complexity index is 322. The third-order valence-electron chi connectivity index (χ3n) is 3.74. The van der Waals surface area contributed by atoms with Gasteiger partial charge in [-0.2, -0.15) is 0 Å². The number of amides is 2. The zero-order valence-corrected chi connectivity index (χ0v) is 12.7. The Morgan fingerprint density at radius 1 is 1.40 bits per heavy atom. The first-order valence-electron chi connectivity index (χ1n) is 7.53. The second-order valence-corrected chi connectivity index (χ2v) is 5.46. The van der Waals surface area contributed by atoms with E-state index < -0.39 is 0 Å². The molecule has 1 saturated heterocycles. The number of rotatable bonds is 7. The van der Waals surface area contributed by atoms with E-state index in [4.69, 9.17) is 5.73 Å². The van der Waals surface area contributed by atoms with Crippen LogP contribution in [0.4, 0.5) is 0 Å². The fourth-order valence-electron chi connectivity index (χ4n) is 2.45. The zero-order valence-electron chi connectivity index (χ0n) is 12.7. The van der Waals surface area contributed by atoms with Gasteiger partial charge < -0.3 is 16.0 Å². The molecule has 20 heavy (non-hydrogen) atoms. The van der Waals surface area contributed by atoms with E-state index in [0.717, 1.165) is 25.8 Å². The van der Waals surface area contributed by atoms with Gasteiger partial charge in [-0.05, 0) is 25.8 Å². The van der Waals surface area contributed by atoms with Crippen molar-refractivity contribution in [2.24, 2.45) is 5.73 Å². The van der Waals surface area contributed by atoms with Gasteiger partial charge in [0.1, 0.15) is 0 Å². The van der Waals surface area contributed by atoms with Crippen LogP contribution in [0.3, 0.4) is 0 Å². The molecule has 1 rings (SSSR count). The molecule has 2 amide bonds. The monoisotopic (exact) mass is 284 g/mol. The lowest BCUT2D eigenvalue weighted by atomic mass is 10.0. The van der Waals surface area contributed by atoms with Crippen LogP contribution in [-0.2, 0) is 9.59 Å². The van der Waals surface area contributed by atoms with Gasteiger partial charge in [0.05, 0.1) is 13.1 Å². The number of likely N-dealkylation sites (N-methyl/N-ethyl adjacent to an activating group) is 1. The van der Waals surface area contributed by atoms with Crippen LogP contribution >= 0.6 is 0 Å². The molecule has 0 aromatic carbocycles. The number of nitrogens with zero attached hydrogens (tertiary/aromatic N) is 2. The summed E-state index contributed by atoms with van der Waals surface area (Å²) in [4.78, 5) is 27.4. The quantitative estimate of drug-likeness (QED) is 0.678. The Kier molecular flexibility index (Phi) is 7.54. The summed E-state index contributed by atoms with van der Waals surface area (Å²) in [6.45, 7) is 4.65. The van der Waals surface area contributed by atoms with Crippen molar-refractivity contribution in [3.63, 3.8) is 0 Å². The number of hydrogen-bond donors (Lipinski definition) is 2. The predicted molar refractivity (Wildman–Crippen MR) is 79.2 cm³/mol. The lowest BCUT2D eigenvalue weighted by Gasteiger charge is -2.35. The lowest BCUT2D eigenvalue weighted by Crippen LogP contribution is -2.50. The van der Waals surface area contributed by atoms with E-state index in [1.807, 2.05) is 6.92 Å². The first-order chi connectivity index (χ1) is 9.58. The van der Waals surface area contributed by atoms with Crippen LogP contribution in [0.5, 0.6) is 0 Å². The number of carbonyl (C=O) groups is 2. The van der Waals surface area contributed by atoms with E-state index in [1.165, 1.54) is 11.3 Å². The summed E-state index contributed by atoms with van der Waals surface area (Å²) >= 11 is 0. The first-order valence-corrected chi connectivity index (χ1v) is 7.53. The van der Waals surface area contributed by atoms with Gasteiger partial charge in [-0.15, -0.1) is 0 Å². The van der Waals surface area contributed by atoms with Crippen molar-refractivity contribution in [3.05, 3.63) is 0 Å². The van der Waals surface area contributed by atoms with Crippen molar-refractivity contribution in [3.8, 4) is 0 Å². The molecular weight excluding hydrogens is 256 g/mol. The predicted octanol–water partition coefficient (Wildman–Crippen LogP) is -0.216. The molecule has 116 valence electrons. The fraction of sp³-hybridized carbons (Fsp3) is 0.857. The van der Waals surface area contributed by atoms with Crippen molar-refractivity contribution in [2.75, 3.05) is 39.8 Å². The van der Waals surface area contributed by atoms with Crippen molar-refractivity contribution >= 4 is 11.8 Å². The highest BCUT2D eigenvalue weighted by atomic mass is 16.2. The lowest BCUT2D eigenvalue weighted by molar-refractivity contribution is -0.136. The van der Waals surface area contributed by atoms with Crippen LogP contribution in [-0.4, -0.2) is 67.4 Å². The number of nitrogens with two attached hydrogens (primary N) is 1. The Hall–Kier alpha value is -1.14. The van der Waals surface area contributed by atoms with E-state index in [-0.39, 0.29) is 18.4 Å². The summed E-state index contributed by atoms with van der Waals surface area (Å²) in [5.74, 6) is -0.117. The molecule has 0 radical (unpaired) electrons. The maximum Gasteiger partial charge on any atom is 0.239 e. The minimum atomic E-state index is -0.100. The first kappa shape index (κ1) is 16.9. The van der Waals surface area contributed by atoms with Crippen molar-refractivity contribution in [2.45, 2.75) is 38.6 Å². The smallest absolute Gasteiger partial charge is 0.239 e. The normalized spacial score (nSPS) is 19.6. The van der Waals surface area contributed by atoms with Crippen molar-refractivity contribution in [1.82, 2.24) is 15.1 Å². The molecule has 1 heterocycles. The molecule has 6 heteroatoms. The third kappa shape index (κ3) is 5.46. The Balaban J connectivity index is 2.38. The van der Waals surface area contributed by atoms with E-state index in [1.54, 1.807) is 7.05 Å². The van der Waals surface area contributed by atoms with Crippen LogP contribution in [0.25, 0.3) is 0 Å². The minimum absolute atomic E-state index is 0.0167. The summed E-state index contributed by atoms with van der Waals surface area (Å²) < 4.78 is 0. The molecule has 0 aromatic heterocycles. The molecule has 0 saturated carbocycles. The second kappa shape index (κ2) is 8.92. The van der Waals surface area contributed by atoms with Gasteiger partial charge in [-0.1, -0.05) is 13.3 Å². The highest BCUT2D eigenvalue weighted by Crippen LogP contribution is 2.15. The molecule has 0 aromatic rings. The summed E-state index contributed by atoms with van der Waals surface area (Å²) in [5, 5.41) is 2.78. The molecule has 0 aliphatic carbocycles. The highest BCUT2D eigenvalue weighted by Gasteiger charge is 2.24. The van der Waals surface area contributed by atoms with Crippen LogP contribution in [0.2, 0.25) is 0 Å². The number of carbonyl (C=O) groups excluding carboxylic acids is 2. The number of nitrogens with one attached hydrogen (secondary N) is 1. The fourth-order valence-corrected chi connectivity index (χ4v) is 2.45. The Morgan fingerprint density at radius 2 is 2.15 bits per heavy atom. The van der Waals surface area contributed by atoms with Gasteiger partial charge in [0, 0.05) is 26.2 Å². The van der Waals surface area contributed by atoms with E-state index >= 15 is 0 Å². The van der Waals surface area contributed by atoms with Crippen molar-refractivity contribution in [1.29, 1.82) is 0 Å². The molecule has 1 atom stereocenters. The summed E-state index contributed by atoms with van der Waals surface area (Å²) in [5.41, 5.74) is 5.75. The second-order valence-electron chi connectivity index (χ2n) is 5.46. The molecule has 0 bridgehead atoms. The topological polar surface area (TPSA) is 78.7 Å². The molecule has 1 fully saturated rings. The molecule has 6 nitrogen and oxygen atoms in total. The van der Waals surface area contributed by atoms with Crippen LogP contribution < -0.4 is 11.1 Å². The molecule has 3 N–H and O–H groups in total. The summed E-state index contributed by atoms with van der Waals surface area (Å²) in [7, 11) is 1.68. The van der Waals surface area contributed by atoms with Gasteiger partial charge in [0.25, 0.3) is 0 Å². The molecular formula is C14H28N4O2. The third-order valence-corrected chi connectivity index (χ3v) is 3.74. The van der Waals surface area contributed by atoms with Crippen molar-refractivity contribution < 1.29 is 9.59 Å². The van der Waals surface area contributed by atoms with Gasteiger partial charge in [-0.25, -0.2) is 0 Å². The molecule has 0 spiro atoms. The zero-order chi connectivity index (χ0) is 15.0. The summed E-state index contributed by atoms with van der Waals surface area (Å²) in [6.07, 6.45) is 4.26. The van der Waals surface area contributed by atoms with Gasteiger partial charge in [-0.3, -0.25) is 14.5 Å². The average Bonchev–Trinajstić information content (AvgIpc) is 2.45. The number of piperidine rings is 1. The van der Waals surface area contributed by atoms with Crippen LogP contribution in [0.15, 0.2) is 0 Å². The molecule has 1 aliphatic heterocycles. The Labute approximate surface area is 121 Å². The average molecular weight is 284 g/mol. The molecule has 1 aliphatic rings.